The van der Waals surface area contributed by atoms with Crippen molar-refractivity contribution in [3.63, 3.8) is 0 Å². The average molecular weight is 239 g/mol. The smallest absolute Gasteiger partial charge is 0.342 e. The molecule has 1 aromatic rings. The molecule has 0 aliphatic carbocycles. The van der Waals surface area contributed by atoms with Crippen molar-refractivity contribution in [1.82, 2.24) is 0 Å². The molecular weight excluding hydrogens is 226 g/mol. The zero-order valence-electron chi connectivity index (χ0n) is 9.56. The Bertz CT molecular complexity index is 430. The third-order valence-electron chi connectivity index (χ3n) is 1.97. The highest BCUT2D eigenvalue weighted by Gasteiger charge is 2.15. The molecule has 1 aromatic carbocycles. The molecule has 0 atom stereocenters. The quantitative estimate of drug-likeness (QED) is 0.749. The lowest BCUT2D eigenvalue weighted by Gasteiger charge is -2.09. The molecule has 17 heavy (non-hydrogen) atoms. The molecule has 6 nitrogen and oxygen atoms in total. The summed E-state index contributed by atoms with van der Waals surface area (Å²) in [7, 11) is 2.90. The summed E-state index contributed by atoms with van der Waals surface area (Å²) in [5.41, 5.74) is 5.05. The summed E-state index contributed by atoms with van der Waals surface area (Å²) in [6.07, 6.45) is 0. The second-order valence-corrected chi connectivity index (χ2v) is 3.11. The maximum Gasteiger partial charge on any atom is 0.342 e. The highest BCUT2D eigenvalue weighted by atomic mass is 16.5. The van der Waals surface area contributed by atoms with Gasteiger partial charge in [0.25, 0.3) is 5.91 Å². The van der Waals surface area contributed by atoms with Crippen molar-refractivity contribution in [2.45, 2.75) is 0 Å². The van der Waals surface area contributed by atoms with E-state index < -0.39 is 18.5 Å². The number of hydrogen-bond donors (Lipinski definition) is 1. The van der Waals surface area contributed by atoms with Crippen molar-refractivity contribution in [2.75, 3.05) is 20.8 Å². The summed E-state index contributed by atoms with van der Waals surface area (Å²) < 4.78 is 14.7. The summed E-state index contributed by atoms with van der Waals surface area (Å²) in [4.78, 5) is 22.1. The Labute approximate surface area is 98.3 Å². The second kappa shape index (κ2) is 5.74. The van der Waals surface area contributed by atoms with E-state index in [0.29, 0.717) is 11.5 Å². The van der Waals surface area contributed by atoms with E-state index in [2.05, 4.69) is 4.74 Å². The van der Waals surface area contributed by atoms with Gasteiger partial charge >= 0.3 is 5.97 Å². The molecule has 0 spiro atoms. The van der Waals surface area contributed by atoms with E-state index in [1.165, 1.54) is 20.3 Å². The van der Waals surface area contributed by atoms with Gasteiger partial charge in [0.2, 0.25) is 0 Å². The number of primary amides is 1. The number of rotatable bonds is 5. The van der Waals surface area contributed by atoms with Gasteiger partial charge in [-0.2, -0.15) is 0 Å². The average Bonchev–Trinajstić information content (AvgIpc) is 2.34. The summed E-state index contributed by atoms with van der Waals surface area (Å²) >= 11 is 0. The summed E-state index contributed by atoms with van der Waals surface area (Å²) in [5, 5.41) is 0. The molecule has 1 rings (SSSR count). The summed E-state index contributed by atoms with van der Waals surface area (Å²) in [5.74, 6) is -0.600. The molecule has 6 heteroatoms. The van der Waals surface area contributed by atoms with E-state index in [1.807, 2.05) is 0 Å². The lowest BCUT2D eigenvalue weighted by molar-refractivity contribution is -0.121. The Morgan fingerprint density at radius 3 is 2.47 bits per heavy atom. The van der Waals surface area contributed by atoms with Gasteiger partial charge in [-0.05, 0) is 18.2 Å². The van der Waals surface area contributed by atoms with Gasteiger partial charge < -0.3 is 19.9 Å². The molecular formula is C11H13NO5. The van der Waals surface area contributed by atoms with Gasteiger partial charge in [-0.25, -0.2) is 4.79 Å². The molecule has 0 radical (unpaired) electrons. The normalized spacial score (nSPS) is 9.53. The number of nitrogens with two attached hydrogens (primary N) is 1. The topological polar surface area (TPSA) is 87.8 Å². The first-order valence-corrected chi connectivity index (χ1v) is 4.76. The fourth-order valence-corrected chi connectivity index (χ4v) is 1.19. The van der Waals surface area contributed by atoms with Gasteiger partial charge in [0.1, 0.15) is 17.1 Å². The van der Waals surface area contributed by atoms with E-state index in [1.54, 1.807) is 12.1 Å². The van der Waals surface area contributed by atoms with Crippen LogP contribution in [0, 0.1) is 0 Å². The van der Waals surface area contributed by atoms with Gasteiger partial charge in [0.15, 0.2) is 6.61 Å². The summed E-state index contributed by atoms with van der Waals surface area (Å²) in [6, 6.07) is 4.67. The van der Waals surface area contributed by atoms with Crippen LogP contribution < -0.4 is 15.2 Å². The van der Waals surface area contributed by atoms with Crippen LogP contribution in [0.4, 0.5) is 0 Å². The van der Waals surface area contributed by atoms with Crippen LogP contribution in [0.2, 0.25) is 0 Å². The first-order valence-electron chi connectivity index (χ1n) is 4.76. The Balaban J connectivity index is 2.93. The van der Waals surface area contributed by atoms with Gasteiger partial charge in [-0.3, -0.25) is 4.79 Å². The van der Waals surface area contributed by atoms with Gasteiger partial charge in [-0.1, -0.05) is 0 Å². The van der Waals surface area contributed by atoms with E-state index >= 15 is 0 Å². The largest absolute Gasteiger partial charge is 0.497 e. The van der Waals surface area contributed by atoms with Crippen molar-refractivity contribution in [2.24, 2.45) is 5.73 Å². The Hall–Kier alpha value is -2.24. The van der Waals surface area contributed by atoms with Crippen molar-refractivity contribution in [1.29, 1.82) is 0 Å². The second-order valence-electron chi connectivity index (χ2n) is 3.11. The lowest BCUT2D eigenvalue weighted by atomic mass is 10.2. The van der Waals surface area contributed by atoms with Crippen molar-refractivity contribution < 1.29 is 23.8 Å². The van der Waals surface area contributed by atoms with Crippen LogP contribution in [0.25, 0.3) is 0 Å². The first-order chi connectivity index (χ1) is 8.08. The fourth-order valence-electron chi connectivity index (χ4n) is 1.19. The molecule has 0 fully saturated rings. The highest BCUT2D eigenvalue weighted by molar-refractivity contribution is 5.94. The summed E-state index contributed by atoms with van der Waals surface area (Å²) in [6.45, 7) is -0.473. The van der Waals surface area contributed by atoms with Crippen LogP contribution in [0.15, 0.2) is 18.2 Å². The van der Waals surface area contributed by atoms with Crippen molar-refractivity contribution in [3.05, 3.63) is 23.8 Å². The molecule has 0 aliphatic heterocycles. The lowest BCUT2D eigenvalue weighted by Crippen LogP contribution is -2.21. The molecule has 0 unspecified atom stereocenters. The molecule has 92 valence electrons. The molecule has 0 saturated heterocycles. The number of carbonyl (C=O) groups excluding carboxylic acids is 2. The van der Waals surface area contributed by atoms with Crippen molar-refractivity contribution in [3.8, 4) is 11.5 Å². The minimum Gasteiger partial charge on any atom is -0.497 e. The number of benzene rings is 1. The molecule has 0 aromatic heterocycles. The van der Waals surface area contributed by atoms with Crippen LogP contribution in [0.5, 0.6) is 11.5 Å². The maximum absolute atomic E-state index is 11.6. The van der Waals surface area contributed by atoms with Gasteiger partial charge in [0, 0.05) is 0 Å². The number of carbonyl (C=O) groups is 2. The van der Waals surface area contributed by atoms with Crippen LogP contribution in [-0.2, 0) is 9.53 Å². The molecule has 0 saturated carbocycles. The van der Waals surface area contributed by atoms with Crippen LogP contribution in [-0.4, -0.2) is 32.7 Å². The Morgan fingerprint density at radius 1 is 1.24 bits per heavy atom. The Kier molecular flexibility index (Phi) is 4.33. The number of hydrogen-bond acceptors (Lipinski definition) is 5. The van der Waals surface area contributed by atoms with Crippen LogP contribution in [0.1, 0.15) is 10.4 Å². The minimum absolute atomic E-state index is 0.174. The van der Waals surface area contributed by atoms with Gasteiger partial charge in [0.05, 0.1) is 14.2 Å². The predicted octanol–water partition coefficient (Wildman–Crippen LogP) is 0.346. The van der Waals surface area contributed by atoms with Gasteiger partial charge in [-0.15, -0.1) is 0 Å². The van der Waals surface area contributed by atoms with E-state index in [9.17, 15) is 9.59 Å². The zero-order valence-corrected chi connectivity index (χ0v) is 9.56. The highest BCUT2D eigenvalue weighted by Crippen LogP contribution is 2.24. The maximum atomic E-state index is 11.6. The Morgan fingerprint density at radius 2 is 1.94 bits per heavy atom. The molecule has 1 amide bonds. The molecule has 0 aliphatic rings. The third kappa shape index (κ3) is 3.37. The number of amides is 1. The number of esters is 1. The molecule has 2 N–H and O–H groups in total. The first kappa shape index (κ1) is 12.8. The minimum atomic E-state index is -0.722. The molecule has 0 bridgehead atoms. The SMILES string of the molecule is COc1ccc(OC)c(C(=O)OCC(N)=O)c1. The zero-order chi connectivity index (χ0) is 12.8. The number of methoxy groups -OCH3 is 2. The fraction of sp³-hybridized carbons (Fsp3) is 0.273. The number of ether oxygens (including phenoxy) is 3. The molecule has 0 heterocycles. The monoisotopic (exact) mass is 239 g/mol. The predicted molar refractivity (Wildman–Crippen MR) is 59.0 cm³/mol. The van der Waals surface area contributed by atoms with E-state index in [-0.39, 0.29) is 5.56 Å². The van der Waals surface area contributed by atoms with Crippen molar-refractivity contribution >= 4 is 11.9 Å². The standard InChI is InChI=1S/C11H13NO5/c1-15-7-3-4-9(16-2)8(5-7)11(14)17-6-10(12)13/h3-5H,6H2,1-2H3,(H2,12,13). The third-order valence-corrected chi connectivity index (χ3v) is 1.97. The van der Waals surface area contributed by atoms with Crippen LogP contribution >= 0.6 is 0 Å². The van der Waals surface area contributed by atoms with E-state index in [4.69, 9.17) is 15.2 Å². The van der Waals surface area contributed by atoms with E-state index in [0.717, 1.165) is 0 Å². The van der Waals surface area contributed by atoms with Crippen LogP contribution in [0.3, 0.4) is 0 Å².